The second-order valence-corrected chi connectivity index (χ2v) is 9.54. The first-order valence-electron chi connectivity index (χ1n) is 10.5. The maximum atomic E-state index is 13.8. The highest BCUT2D eigenvalue weighted by Crippen LogP contribution is 2.32. The van der Waals surface area contributed by atoms with Crippen LogP contribution in [0.15, 0.2) is 71.6 Å². The number of carbonyl (C=O) groups is 1. The Hall–Kier alpha value is -3.59. The zero-order valence-corrected chi connectivity index (χ0v) is 20.2. The summed E-state index contributed by atoms with van der Waals surface area (Å²) in [5.41, 5.74) is 1.66. The van der Waals surface area contributed by atoms with Crippen LogP contribution >= 0.6 is 0 Å². The Bertz CT molecular complexity index is 1260. The molecule has 0 fully saturated rings. The van der Waals surface area contributed by atoms with E-state index in [0.717, 1.165) is 9.87 Å². The van der Waals surface area contributed by atoms with Crippen molar-refractivity contribution >= 4 is 21.6 Å². The van der Waals surface area contributed by atoms with Crippen LogP contribution in [0.4, 0.5) is 10.1 Å². The topological polar surface area (TPSA) is 84.9 Å². The van der Waals surface area contributed by atoms with Crippen LogP contribution < -0.4 is 19.1 Å². The molecule has 0 saturated carbocycles. The molecule has 0 heterocycles. The average Bonchev–Trinajstić information content (AvgIpc) is 2.82. The number of benzene rings is 3. The lowest BCUT2D eigenvalue weighted by Crippen LogP contribution is -2.41. The van der Waals surface area contributed by atoms with Gasteiger partial charge in [-0.2, -0.15) is 0 Å². The van der Waals surface area contributed by atoms with Crippen molar-refractivity contribution in [2.45, 2.75) is 24.8 Å². The second-order valence-electron chi connectivity index (χ2n) is 7.71. The summed E-state index contributed by atoms with van der Waals surface area (Å²) in [6.45, 7) is 3.02. The van der Waals surface area contributed by atoms with Gasteiger partial charge in [-0.15, -0.1) is 0 Å². The van der Waals surface area contributed by atoms with Crippen LogP contribution in [0.1, 0.15) is 24.1 Å². The molecule has 0 spiro atoms. The molecule has 3 rings (SSSR count). The third-order valence-corrected chi connectivity index (χ3v) is 7.06. The number of halogens is 1. The highest BCUT2D eigenvalue weighted by Gasteiger charge is 2.31. The van der Waals surface area contributed by atoms with E-state index in [-0.39, 0.29) is 22.1 Å². The largest absolute Gasteiger partial charge is 0.497 e. The summed E-state index contributed by atoms with van der Waals surface area (Å²) in [4.78, 5) is 12.9. The van der Waals surface area contributed by atoms with Gasteiger partial charge < -0.3 is 14.8 Å². The van der Waals surface area contributed by atoms with Crippen molar-refractivity contribution in [1.82, 2.24) is 5.32 Å². The van der Waals surface area contributed by atoms with Crippen LogP contribution in [0.25, 0.3) is 0 Å². The number of aryl methyl sites for hydroxylation is 1. The summed E-state index contributed by atoms with van der Waals surface area (Å²) in [5.74, 6) is -0.313. The molecule has 180 valence electrons. The number of amides is 1. The van der Waals surface area contributed by atoms with E-state index in [1.165, 1.54) is 38.5 Å². The summed E-state index contributed by atoms with van der Waals surface area (Å²) in [5, 5.41) is 2.78. The fourth-order valence-electron chi connectivity index (χ4n) is 3.44. The Labute approximate surface area is 199 Å². The number of sulfonamides is 1. The molecule has 3 aromatic carbocycles. The van der Waals surface area contributed by atoms with E-state index in [2.05, 4.69) is 5.32 Å². The molecular formula is C25H27FN2O5S. The summed E-state index contributed by atoms with van der Waals surface area (Å²) in [6.07, 6.45) is 0. The molecule has 1 atom stereocenters. The standard InChI is InChI=1S/C25H27FN2O5S/c1-17-8-13-23(33-4)24(14-17)34(30,31)28(21-6-5-7-22(15-21)32-3)16-25(29)27-18(2)19-9-11-20(26)12-10-19/h5-15,18H,16H2,1-4H3,(H,27,29). The Morgan fingerprint density at radius 2 is 1.74 bits per heavy atom. The van der Waals surface area contributed by atoms with Gasteiger partial charge in [0.25, 0.3) is 10.0 Å². The SMILES string of the molecule is COc1cccc(N(CC(=O)NC(C)c2ccc(F)cc2)S(=O)(=O)c2cc(C)ccc2OC)c1. The average molecular weight is 487 g/mol. The number of nitrogens with zero attached hydrogens (tertiary/aromatic N) is 1. The van der Waals surface area contributed by atoms with Gasteiger partial charge in [-0.05, 0) is 61.4 Å². The number of hydrogen-bond acceptors (Lipinski definition) is 5. The molecule has 0 aliphatic rings. The molecule has 1 amide bonds. The minimum absolute atomic E-state index is 0.0581. The van der Waals surface area contributed by atoms with Crippen molar-refractivity contribution in [3.63, 3.8) is 0 Å². The predicted molar refractivity (Wildman–Crippen MR) is 128 cm³/mol. The molecule has 0 saturated heterocycles. The first-order chi connectivity index (χ1) is 16.1. The fourth-order valence-corrected chi connectivity index (χ4v) is 5.09. The fraction of sp³-hybridized carbons (Fsp3) is 0.240. The molecule has 0 aromatic heterocycles. The predicted octanol–water partition coefficient (Wildman–Crippen LogP) is 4.22. The van der Waals surface area contributed by atoms with Gasteiger partial charge in [0.1, 0.15) is 28.8 Å². The smallest absolute Gasteiger partial charge is 0.268 e. The Balaban J connectivity index is 1.98. The number of methoxy groups -OCH3 is 2. The van der Waals surface area contributed by atoms with Crippen molar-refractivity contribution in [3.05, 3.63) is 83.7 Å². The minimum atomic E-state index is -4.20. The molecule has 7 nitrogen and oxygen atoms in total. The first-order valence-corrected chi connectivity index (χ1v) is 12.0. The van der Waals surface area contributed by atoms with Gasteiger partial charge in [0.15, 0.2) is 0 Å². The van der Waals surface area contributed by atoms with Gasteiger partial charge in [0.2, 0.25) is 5.91 Å². The third kappa shape index (κ3) is 5.66. The highest BCUT2D eigenvalue weighted by molar-refractivity contribution is 7.93. The zero-order valence-electron chi connectivity index (χ0n) is 19.4. The van der Waals surface area contributed by atoms with Crippen molar-refractivity contribution < 1.29 is 27.1 Å². The van der Waals surface area contributed by atoms with Crippen molar-refractivity contribution in [2.75, 3.05) is 25.1 Å². The molecule has 0 bridgehead atoms. The van der Waals surface area contributed by atoms with Crippen molar-refractivity contribution in [3.8, 4) is 11.5 Å². The Kier molecular flexibility index (Phi) is 7.78. The normalized spacial score (nSPS) is 12.0. The summed E-state index contributed by atoms with van der Waals surface area (Å²) >= 11 is 0. The van der Waals surface area contributed by atoms with E-state index in [4.69, 9.17) is 9.47 Å². The minimum Gasteiger partial charge on any atom is -0.497 e. The second kappa shape index (κ2) is 10.6. The monoisotopic (exact) mass is 486 g/mol. The van der Waals surface area contributed by atoms with Gasteiger partial charge in [-0.25, -0.2) is 12.8 Å². The van der Waals surface area contributed by atoms with E-state index in [1.807, 2.05) is 0 Å². The van der Waals surface area contributed by atoms with Gasteiger partial charge in [-0.3, -0.25) is 9.10 Å². The number of carbonyl (C=O) groups excluding carboxylic acids is 1. The van der Waals surface area contributed by atoms with Gasteiger partial charge in [0, 0.05) is 6.07 Å². The van der Waals surface area contributed by atoms with Crippen molar-refractivity contribution in [1.29, 1.82) is 0 Å². The summed E-state index contributed by atoms with van der Waals surface area (Å²) in [7, 11) is -1.35. The van der Waals surface area contributed by atoms with E-state index in [1.54, 1.807) is 56.3 Å². The van der Waals surface area contributed by atoms with Crippen LogP contribution in [-0.4, -0.2) is 35.1 Å². The van der Waals surface area contributed by atoms with Gasteiger partial charge in [0.05, 0.1) is 25.9 Å². The molecule has 0 radical (unpaired) electrons. The molecule has 1 N–H and O–H groups in total. The van der Waals surface area contributed by atoms with Crippen LogP contribution in [0.5, 0.6) is 11.5 Å². The maximum Gasteiger partial charge on any atom is 0.268 e. The Morgan fingerprint density at radius 3 is 2.38 bits per heavy atom. The van der Waals surface area contributed by atoms with E-state index >= 15 is 0 Å². The number of nitrogens with one attached hydrogen (secondary N) is 1. The molecular weight excluding hydrogens is 459 g/mol. The molecule has 0 aliphatic carbocycles. The third-order valence-electron chi connectivity index (χ3n) is 5.26. The van der Waals surface area contributed by atoms with Crippen LogP contribution in [0, 0.1) is 12.7 Å². The molecule has 1 unspecified atom stereocenters. The van der Waals surface area contributed by atoms with Gasteiger partial charge >= 0.3 is 0 Å². The maximum absolute atomic E-state index is 13.8. The van der Waals surface area contributed by atoms with Crippen molar-refractivity contribution in [2.24, 2.45) is 0 Å². The molecule has 3 aromatic rings. The van der Waals surface area contributed by atoms with Crippen LogP contribution in [-0.2, 0) is 14.8 Å². The molecule has 34 heavy (non-hydrogen) atoms. The van der Waals surface area contributed by atoms with E-state index < -0.39 is 28.5 Å². The van der Waals surface area contributed by atoms with E-state index in [9.17, 15) is 17.6 Å². The first kappa shape index (κ1) is 25.0. The number of anilines is 1. The van der Waals surface area contributed by atoms with Gasteiger partial charge in [-0.1, -0.05) is 24.3 Å². The molecule has 0 aliphatic heterocycles. The highest BCUT2D eigenvalue weighted by atomic mass is 32.2. The quantitative estimate of drug-likeness (QED) is 0.490. The van der Waals surface area contributed by atoms with Crippen LogP contribution in [0.3, 0.4) is 0 Å². The number of hydrogen-bond donors (Lipinski definition) is 1. The summed E-state index contributed by atoms with van der Waals surface area (Å²) < 4.78 is 52.3. The number of rotatable bonds is 9. The Morgan fingerprint density at radius 1 is 1.03 bits per heavy atom. The van der Waals surface area contributed by atoms with Crippen LogP contribution in [0.2, 0.25) is 0 Å². The zero-order chi connectivity index (χ0) is 24.9. The number of ether oxygens (including phenoxy) is 2. The summed E-state index contributed by atoms with van der Waals surface area (Å²) in [6, 6.07) is 16.5. The lowest BCUT2D eigenvalue weighted by molar-refractivity contribution is -0.120. The van der Waals surface area contributed by atoms with E-state index in [0.29, 0.717) is 11.3 Å². The lowest BCUT2D eigenvalue weighted by Gasteiger charge is -2.26. The molecule has 9 heteroatoms. The lowest BCUT2D eigenvalue weighted by atomic mass is 10.1.